The molecule has 1 heterocycles. The Kier molecular flexibility index (Phi) is 6.93. The molecule has 0 aliphatic carbocycles. The highest BCUT2D eigenvalue weighted by Gasteiger charge is 2.34. The number of methoxy groups -OCH3 is 1. The average molecular weight is 480 g/mol. The van der Waals surface area contributed by atoms with Crippen molar-refractivity contribution in [3.8, 4) is 11.5 Å². The predicted octanol–water partition coefficient (Wildman–Crippen LogP) is 5.15. The first-order valence-corrected chi connectivity index (χ1v) is 11.3. The molecule has 34 heavy (non-hydrogen) atoms. The molecule has 0 bridgehead atoms. The molecule has 1 unspecified atom stereocenters. The summed E-state index contributed by atoms with van der Waals surface area (Å²) in [7, 11) is 1.57. The number of ether oxygens (including phenoxy) is 2. The molecule has 3 aromatic rings. The highest BCUT2D eigenvalue weighted by atomic mass is 35.5. The van der Waals surface area contributed by atoms with Gasteiger partial charge in [0, 0.05) is 10.7 Å². The van der Waals surface area contributed by atoms with Gasteiger partial charge in [-0.3, -0.25) is 15.0 Å². The van der Waals surface area contributed by atoms with Crippen LogP contribution in [0.4, 0.5) is 5.69 Å². The van der Waals surface area contributed by atoms with Gasteiger partial charge in [-0.1, -0.05) is 49.7 Å². The van der Waals surface area contributed by atoms with Crippen molar-refractivity contribution in [2.75, 3.05) is 19.0 Å². The van der Waals surface area contributed by atoms with E-state index >= 15 is 0 Å². The molecule has 176 valence electrons. The maximum absolute atomic E-state index is 13.4. The van der Waals surface area contributed by atoms with Crippen LogP contribution in [0.1, 0.15) is 47.4 Å². The van der Waals surface area contributed by atoms with Crippen molar-refractivity contribution in [3.05, 3.63) is 88.4 Å². The van der Waals surface area contributed by atoms with Gasteiger partial charge in [-0.15, -0.1) is 0 Å². The largest absolute Gasteiger partial charge is 0.497 e. The Balaban J connectivity index is 1.55. The fourth-order valence-electron chi connectivity index (χ4n) is 3.68. The van der Waals surface area contributed by atoms with E-state index < -0.39 is 12.1 Å². The highest BCUT2D eigenvalue weighted by molar-refractivity contribution is 6.31. The molecule has 1 atom stereocenters. The third-order valence-corrected chi connectivity index (χ3v) is 5.81. The summed E-state index contributed by atoms with van der Waals surface area (Å²) in [4.78, 5) is 26.1. The van der Waals surface area contributed by atoms with Gasteiger partial charge in [0.1, 0.15) is 17.7 Å². The van der Waals surface area contributed by atoms with Gasteiger partial charge >= 0.3 is 0 Å². The number of carbonyl (C=O) groups is 2. The number of nitrogens with one attached hydrogen (secondary N) is 2. The zero-order chi connectivity index (χ0) is 24.2. The van der Waals surface area contributed by atoms with E-state index in [-0.39, 0.29) is 12.5 Å². The molecule has 1 aliphatic rings. The Hall–Kier alpha value is -3.71. The molecule has 2 amide bonds. The number of halogens is 1. The van der Waals surface area contributed by atoms with E-state index in [4.69, 9.17) is 21.1 Å². The van der Waals surface area contributed by atoms with Gasteiger partial charge in [-0.25, -0.2) is 5.01 Å². The lowest BCUT2D eigenvalue weighted by molar-refractivity contribution is -0.127. The summed E-state index contributed by atoms with van der Waals surface area (Å²) < 4.78 is 10.7. The molecule has 0 aromatic heterocycles. The molecule has 3 aromatic carbocycles. The molecular weight excluding hydrogens is 454 g/mol. The molecule has 4 rings (SSSR count). The van der Waals surface area contributed by atoms with Crippen LogP contribution in [0, 0.1) is 0 Å². The number of nitrogens with zero attached hydrogens (tertiary/aromatic N) is 1. The molecule has 8 heteroatoms. The number of rotatable bonds is 7. The minimum atomic E-state index is -0.604. The number of hydrazine groups is 1. The quantitative estimate of drug-likeness (QED) is 0.490. The van der Waals surface area contributed by atoms with Crippen molar-refractivity contribution < 1.29 is 19.1 Å². The van der Waals surface area contributed by atoms with E-state index in [1.807, 2.05) is 24.3 Å². The van der Waals surface area contributed by atoms with Gasteiger partial charge in [0.15, 0.2) is 6.61 Å². The fourth-order valence-corrected chi connectivity index (χ4v) is 3.85. The maximum atomic E-state index is 13.4. The molecule has 1 aliphatic heterocycles. The third-order valence-electron chi connectivity index (χ3n) is 5.57. The molecule has 0 saturated carbocycles. The van der Waals surface area contributed by atoms with E-state index in [1.165, 1.54) is 10.6 Å². The molecule has 0 fully saturated rings. The van der Waals surface area contributed by atoms with Gasteiger partial charge in [0.25, 0.3) is 11.8 Å². The molecule has 0 spiro atoms. The van der Waals surface area contributed by atoms with Crippen LogP contribution in [0.2, 0.25) is 5.02 Å². The van der Waals surface area contributed by atoms with Gasteiger partial charge in [-0.05, 0) is 59.5 Å². The topological polar surface area (TPSA) is 79.9 Å². The Bertz CT molecular complexity index is 1180. The van der Waals surface area contributed by atoms with Crippen molar-refractivity contribution in [3.63, 3.8) is 0 Å². The van der Waals surface area contributed by atoms with Crippen molar-refractivity contribution in [1.82, 2.24) is 10.4 Å². The lowest BCUT2D eigenvalue weighted by atomic mass is 9.99. The summed E-state index contributed by atoms with van der Waals surface area (Å²) in [5, 5.41) is 5.05. The summed E-state index contributed by atoms with van der Waals surface area (Å²) >= 11 is 6.12. The van der Waals surface area contributed by atoms with Crippen molar-refractivity contribution >= 4 is 29.1 Å². The van der Waals surface area contributed by atoms with E-state index in [1.54, 1.807) is 49.6 Å². The van der Waals surface area contributed by atoms with E-state index in [9.17, 15) is 9.59 Å². The van der Waals surface area contributed by atoms with Crippen LogP contribution in [0.3, 0.4) is 0 Å². The number of hydrogen-bond donors (Lipinski definition) is 2. The SMILES string of the molecule is COc1ccc(OCC(=O)NN2C(=O)c3cc(Cl)ccc3NC2c2ccc(C(C)C)cc2)cc1. The van der Waals surface area contributed by atoms with Crippen molar-refractivity contribution in [2.24, 2.45) is 0 Å². The van der Waals surface area contributed by atoms with Gasteiger partial charge in [0.2, 0.25) is 0 Å². The Labute approximate surface area is 203 Å². The molecule has 0 radical (unpaired) electrons. The Morgan fingerprint density at radius 3 is 2.38 bits per heavy atom. The molecule has 7 nitrogen and oxygen atoms in total. The first-order chi connectivity index (χ1) is 16.4. The molecule has 0 saturated heterocycles. The standard InChI is InChI=1S/C26H26ClN3O4/c1-16(2)17-4-6-18(7-5-17)25-28-23-13-8-19(27)14-22(23)26(32)30(25)29-24(31)15-34-21-11-9-20(33-3)10-12-21/h4-14,16,25,28H,15H2,1-3H3,(H,29,31). The smallest absolute Gasteiger partial charge is 0.276 e. The number of amides is 2. The second kappa shape index (κ2) is 10.1. The number of carbonyl (C=O) groups excluding carboxylic acids is 2. The zero-order valence-corrected chi connectivity index (χ0v) is 19.9. The Morgan fingerprint density at radius 2 is 1.74 bits per heavy atom. The Morgan fingerprint density at radius 1 is 1.06 bits per heavy atom. The van der Waals surface area contributed by atoms with Crippen LogP contribution in [-0.4, -0.2) is 30.5 Å². The van der Waals surface area contributed by atoms with Crippen LogP contribution < -0.4 is 20.2 Å². The van der Waals surface area contributed by atoms with E-state index in [0.717, 1.165) is 5.56 Å². The lowest BCUT2D eigenvalue weighted by Crippen LogP contribution is -2.53. The lowest BCUT2D eigenvalue weighted by Gasteiger charge is -2.37. The fraction of sp³-hybridized carbons (Fsp3) is 0.231. The zero-order valence-electron chi connectivity index (χ0n) is 19.2. The monoisotopic (exact) mass is 479 g/mol. The first kappa shape index (κ1) is 23.4. The van der Waals surface area contributed by atoms with Gasteiger partial charge < -0.3 is 14.8 Å². The summed E-state index contributed by atoms with van der Waals surface area (Å²) in [5.41, 5.74) is 5.73. The second-order valence-corrected chi connectivity index (χ2v) is 8.67. The maximum Gasteiger partial charge on any atom is 0.276 e. The van der Waals surface area contributed by atoms with Crippen molar-refractivity contribution in [2.45, 2.75) is 25.9 Å². The summed E-state index contributed by atoms with van der Waals surface area (Å²) in [6.45, 7) is 3.97. The normalized spacial score (nSPS) is 14.9. The van der Waals surface area contributed by atoms with E-state index in [2.05, 4.69) is 24.6 Å². The van der Waals surface area contributed by atoms with Gasteiger partial charge in [-0.2, -0.15) is 0 Å². The summed E-state index contributed by atoms with van der Waals surface area (Å²) in [6.07, 6.45) is -0.604. The van der Waals surface area contributed by atoms with Crippen LogP contribution >= 0.6 is 11.6 Å². The van der Waals surface area contributed by atoms with Crippen LogP contribution in [0.5, 0.6) is 11.5 Å². The molecular formula is C26H26ClN3O4. The number of benzene rings is 3. The van der Waals surface area contributed by atoms with Crippen LogP contribution in [0.25, 0.3) is 0 Å². The summed E-state index contributed by atoms with van der Waals surface area (Å²) in [6, 6.07) is 19.9. The highest BCUT2D eigenvalue weighted by Crippen LogP contribution is 2.34. The first-order valence-electron chi connectivity index (χ1n) is 10.9. The number of hydrogen-bond acceptors (Lipinski definition) is 5. The minimum Gasteiger partial charge on any atom is -0.497 e. The van der Waals surface area contributed by atoms with Gasteiger partial charge in [0.05, 0.1) is 12.7 Å². The number of fused-ring (bicyclic) bond motifs is 1. The second-order valence-electron chi connectivity index (χ2n) is 8.23. The van der Waals surface area contributed by atoms with E-state index in [0.29, 0.717) is 33.7 Å². The average Bonchev–Trinajstić information content (AvgIpc) is 2.85. The third kappa shape index (κ3) is 5.10. The summed E-state index contributed by atoms with van der Waals surface area (Å²) in [5.74, 6) is 0.735. The minimum absolute atomic E-state index is 0.266. The van der Waals surface area contributed by atoms with Crippen LogP contribution in [0.15, 0.2) is 66.7 Å². The predicted molar refractivity (Wildman–Crippen MR) is 131 cm³/mol. The van der Waals surface area contributed by atoms with Crippen molar-refractivity contribution in [1.29, 1.82) is 0 Å². The number of anilines is 1. The molecule has 2 N–H and O–H groups in total. The van der Waals surface area contributed by atoms with Crippen LogP contribution in [-0.2, 0) is 4.79 Å².